The molecule has 0 aliphatic rings. The third-order valence-corrected chi connectivity index (χ3v) is 3.32. The number of anilines is 2. The number of aryl methyl sites for hydroxylation is 1. The number of hydrogen-bond acceptors (Lipinski definition) is 7. The summed E-state index contributed by atoms with van der Waals surface area (Å²) in [4.78, 5) is 29.2. The monoisotopic (exact) mass is 329 g/mol. The lowest BCUT2D eigenvalue weighted by molar-refractivity contribution is 0.0883. The molecule has 3 rings (SSSR count). The van der Waals surface area contributed by atoms with Gasteiger partial charge in [-0.05, 0) is 25.1 Å². The molecule has 0 unspecified atom stereocenters. The molecule has 1 amide bonds. The Labute approximate surface area is 136 Å². The van der Waals surface area contributed by atoms with E-state index < -0.39 is 6.09 Å². The topological polar surface area (TPSA) is 130 Å². The Morgan fingerprint density at radius 2 is 2.17 bits per heavy atom. The normalized spacial score (nSPS) is 10.8. The Hall–Kier alpha value is -3.43. The summed E-state index contributed by atoms with van der Waals surface area (Å²) >= 11 is 0. The fourth-order valence-electron chi connectivity index (χ4n) is 2.31. The predicted octanol–water partition coefficient (Wildman–Crippen LogP) is 1.04. The van der Waals surface area contributed by atoms with Crippen molar-refractivity contribution in [3.63, 3.8) is 0 Å². The molecule has 3 N–H and O–H groups in total. The van der Waals surface area contributed by atoms with E-state index in [1.807, 2.05) is 0 Å². The third-order valence-electron chi connectivity index (χ3n) is 3.32. The molecule has 0 bridgehead atoms. The summed E-state index contributed by atoms with van der Waals surface area (Å²) in [6.07, 6.45) is 0.654. The van der Waals surface area contributed by atoms with Gasteiger partial charge in [0, 0.05) is 5.69 Å². The number of rotatable bonds is 3. The van der Waals surface area contributed by atoms with Crippen LogP contribution in [-0.4, -0.2) is 43.7 Å². The third kappa shape index (κ3) is 2.89. The number of nitrogens with two attached hydrogens (primary N) is 1. The van der Waals surface area contributed by atoms with Gasteiger partial charge in [0.2, 0.25) is 0 Å². The molecular weight excluding hydrogens is 314 g/mol. The van der Waals surface area contributed by atoms with Crippen LogP contribution in [0.15, 0.2) is 24.4 Å². The van der Waals surface area contributed by atoms with Crippen LogP contribution in [0, 0.1) is 6.92 Å². The Bertz CT molecular complexity index is 928. The highest BCUT2D eigenvalue weighted by Gasteiger charge is 2.16. The quantitative estimate of drug-likeness (QED) is 0.686. The lowest BCUT2D eigenvalue weighted by atomic mass is 10.3. The number of imidazole rings is 1. The molecule has 10 heteroatoms. The van der Waals surface area contributed by atoms with Crippen LogP contribution in [0.3, 0.4) is 0 Å². The highest BCUT2D eigenvalue weighted by atomic mass is 16.5. The first-order chi connectivity index (χ1) is 11.5. The van der Waals surface area contributed by atoms with Crippen LogP contribution >= 0.6 is 0 Å². The molecule has 2 heterocycles. The zero-order valence-electron chi connectivity index (χ0n) is 13.1. The first kappa shape index (κ1) is 15.5. The van der Waals surface area contributed by atoms with E-state index in [-0.39, 0.29) is 18.3 Å². The largest absolute Gasteiger partial charge is 0.453 e. The molecule has 124 valence electrons. The van der Waals surface area contributed by atoms with Gasteiger partial charge in [-0.25, -0.2) is 9.78 Å². The second-order valence-corrected chi connectivity index (χ2v) is 5.01. The van der Waals surface area contributed by atoms with Crippen LogP contribution in [0.4, 0.5) is 16.3 Å². The molecule has 0 aliphatic carbocycles. The predicted molar refractivity (Wildman–Crippen MR) is 85.6 cm³/mol. The van der Waals surface area contributed by atoms with Crippen LogP contribution in [0.5, 0.6) is 0 Å². The van der Waals surface area contributed by atoms with E-state index in [4.69, 9.17) is 5.73 Å². The van der Waals surface area contributed by atoms with Crippen LogP contribution in [0.2, 0.25) is 0 Å². The van der Waals surface area contributed by atoms with Gasteiger partial charge in [-0.1, -0.05) is 0 Å². The maximum Gasteiger partial charge on any atom is 0.412 e. The Morgan fingerprint density at radius 3 is 2.92 bits per heavy atom. The number of aromatic nitrogens is 5. The molecular formula is C14H15N7O3. The summed E-state index contributed by atoms with van der Waals surface area (Å²) in [6, 6.07) is 5.17. The molecule has 10 nitrogen and oxygen atoms in total. The Kier molecular flexibility index (Phi) is 3.86. The summed E-state index contributed by atoms with van der Waals surface area (Å²) in [7, 11) is 1.24. The summed E-state index contributed by atoms with van der Waals surface area (Å²) in [5, 5.41) is 10.3. The van der Waals surface area contributed by atoms with Gasteiger partial charge in [-0.15, -0.1) is 5.10 Å². The second kappa shape index (κ2) is 5.99. The number of nitrogen functional groups attached to an aromatic ring is 1. The first-order valence-electron chi connectivity index (χ1n) is 7.01. The molecule has 0 saturated heterocycles. The SMILES string of the molecule is COC(=O)Nc1cnn(CC(=O)n2c(C)nc3ccc(N)cc32)n1. The fraction of sp³-hybridized carbons (Fsp3) is 0.214. The number of hydrogen-bond donors (Lipinski definition) is 2. The number of nitrogens with zero attached hydrogens (tertiary/aromatic N) is 5. The molecule has 3 aromatic rings. The van der Waals surface area contributed by atoms with Crippen molar-refractivity contribution in [1.29, 1.82) is 0 Å². The zero-order valence-corrected chi connectivity index (χ0v) is 13.1. The summed E-state index contributed by atoms with van der Waals surface area (Å²) in [5.74, 6) is 0.451. The van der Waals surface area contributed by atoms with Crippen LogP contribution < -0.4 is 11.1 Å². The summed E-state index contributed by atoms with van der Waals surface area (Å²) in [6.45, 7) is 1.61. The number of nitrogens with one attached hydrogen (secondary N) is 1. The van der Waals surface area contributed by atoms with E-state index in [9.17, 15) is 9.59 Å². The van der Waals surface area contributed by atoms with Crippen molar-refractivity contribution in [3.05, 3.63) is 30.2 Å². The number of benzene rings is 1. The van der Waals surface area contributed by atoms with Gasteiger partial charge in [0.05, 0.1) is 24.3 Å². The minimum absolute atomic E-state index is 0.121. The van der Waals surface area contributed by atoms with Crippen molar-refractivity contribution in [2.45, 2.75) is 13.5 Å². The zero-order chi connectivity index (χ0) is 17.3. The van der Waals surface area contributed by atoms with Gasteiger partial charge in [0.25, 0.3) is 5.91 Å². The minimum atomic E-state index is -0.666. The van der Waals surface area contributed by atoms with Gasteiger partial charge in [0.1, 0.15) is 12.4 Å². The van der Waals surface area contributed by atoms with Crippen molar-refractivity contribution in [1.82, 2.24) is 24.5 Å². The van der Waals surface area contributed by atoms with Crippen LogP contribution in [0.1, 0.15) is 10.6 Å². The lowest BCUT2D eigenvalue weighted by Crippen LogP contribution is -2.21. The van der Waals surface area contributed by atoms with Gasteiger partial charge >= 0.3 is 6.09 Å². The van der Waals surface area contributed by atoms with Gasteiger partial charge in [0.15, 0.2) is 5.82 Å². The van der Waals surface area contributed by atoms with E-state index in [1.54, 1.807) is 25.1 Å². The first-order valence-corrected chi connectivity index (χ1v) is 7.01. The Morgan fingerprint density at radius 1 is 1.38 bits per heavy atom. The van der Waals surface area contributed by atoms with E-state index in [0.29, 0.717) is 22.5 Å². The van der Waals surface area contributed by atoms with Crippen LogP contribution in [0.25, 0.3) is 11.0 Å². The molecule has 1 aromatic carbocycles. The van der Waals surface area contributed by atoms with Gasteiger partial charge in [-0.2, -0.15) is 9.90 Å². The molecule has 0 fully saturated rings. The van der Waals surface area contributed by atoms with Crippen molar-refractivity contribution >= 4 is 34.5 Å². The van der Waals surface area contributed by atoms with E-state index in [0.717, 1.165) is 0 Å². The highest BCUT2D eigenvalue weighted by molar-refractivity contribution is 5.92. The second-order valence-electron chi connectivity index (χ2n) is 5.01. The number of fused-ring (bicyclic) bond motifs is 1. The van der Waals surface area contributed by atoms with E-state index in [2.05, 4.69) is 25.2 Å². The highest BCUT2D eigenvalue weighted by Crippen LogP contribution is 2.19. The average molecular weight is 329 g/mol. The molecule has 0 spiro atoms. The van der Waals surface area contributed by atoms with E-state index >= 15 is 0 Å². The Balaban J connectivity index is 1.84. The van der Waals surface area contributed by atoms with Crippen LogP contribution in [-0.2, 0) is 11.3 Å². The van der Waals surface area contributed by atoms with Gasteiger partial charge < -0.3 is 10.5 Å². The van der Waals surface area contributed by atoms with E-state index in [1.165, 1.54) is 22.7 Å². The smallest absolute Gasteiger partial charge is 0.412 e. The molecule has 0 atom stereocenters. The molecule has 0 aliphatic heterocycles. The molecule has 24 heavy (non-hydrogen) atoms. The maximum atomic E-state index is 12.6. The average Bonchev–Trinajstić information content (AvgIpc) is 3.10. The lowest BCUT2D eigenvalue weighted by Gasteiger charge is -2.05. The number of carbonyl (C=O) groups is 2. The molecule has 0 saturated carbocycles. The van der Waals surface area contributed by atoms with Crippen molar-refractivity contribution in [3.8, 4) is 0 Å². The number of ether oxygens (including phenoxy) is 1. The maximum absolute atomic E-state index is 12.6. The van der Waals surface area contributed by atoms with Gasteiger partial charge in [-0.3, -0.25) is 14.7 Å². The minimum Gasteiger partial charge on any atom is -0.453 e. The standard InChI is InChI=1S/C14H15N7O3/c1-8-17-10-4-3-9(15)5-11(10)21(8)13(22)7-20-16-6-12(19-20)18-14(23)24-2/h3-6H,7,15H2,1-2H3,(H,18,19,23). The fourth-order valence-corrected chi connectivity index (χ4v) is 2.31. The number of amides is 1. The van der Waals surface area contributed by atoms with Crippen molar-refractivity contribution in [2.24, 2.45) is 0 Å². The summed E-state index contributed by atoms with van der Waals surface area (Å²) < 4.78 is 5.92. The number of methoxy groups -OCH3 is 1. The van der Waals surface area contributed by atoms with Crippen molar-refractivity contribution in [2.75, 3.05) is 18.2 Å². The van der Waals surface area contributed by atoms with Crippen molar-refractivity contribution < 1.29 is 14.3 Å². The summed E-state index contributed by atoms with van der Waals surface area (Å²) in [5.41, 5.74) is 7.62. The number of carbonyl (C=O) groups excluding carboxylic acids is 2. The molecule has 2 aromatic heterocycles. The molecule has 0 radical (unpaired) electrons.